The van der Waals surface area contributed by atoms with Gasteiger partial charge in [0, 0.05) is 13.1 Å². The van der Waals surface area contributed by atoms with Crippen LogP contribution in [0.3, 0.4) is 0 Å². The summed E-state index contributed by atoms with van der Waals surface area (Å²) in [6.07, 6.45) is -5.24. The molecule has 2 rings (SSSR count). The van der Waals surface area contributed by atoms with Crippen molar-refractivity contribution in [2.24, 2.45) is 0 Å². The van der Waals surface area contributed by atoms with Crippen LogP contribution in [-0.4, -0.2) is 40.4 Å². The number of hydrogen-bond acceptors (Lipinski definition) is 5. The molecule has 0 atom stereocenters. The lowest BCUT2D eigenvalue weighted by molar-refractivity contribution is -0.140. The molecule has 7 nitrogen and oxygen atoms in total. The predicted molar refractivity (Wildman–Crippen MR) is 94.9 cm³/mol. The molecular weight excluding hydrogens is 379 g/mol. The first-order valence-corrected chi connectivity index (χ1v) is 8.64. The molecule has 2 aromatic rings. The van der Waals surface area contributed by atoms with Gasteiger partial charge in [-0.1, -0.05) is 0 Å². The van der Waals surface area contributed by atoms with Crippen molar-refractivity contribution in [3.8, 4) is 0 Å². The van der Waals surface area contributed by atoms with Crippen LogP contribution in [0.25, 0.3) is 11.0 Å². The van der Waals surface area contributed by atoms with Crippen molar-refractivity contribution in [2.45, 2.75) is 46.0 Å². The standard InChI is InChI=1S/C18H22F3N3O4/c1-5-27-15(25)13-10-11-12(6-7-14(23-11)18(19,20)21)24(13)9-8-22-16(26)28-17(2,3)4/h6-7,10H,5,8-9H2,1-4H3,(H,22,26). The van der Waals surface area contributed by atoms with Crippen molar-refractivity contribution in [3.63, 3.8) is 0 Å². The summed E-state index contributed by atoms with van der Waals surface area (Å²) in [5.41, 5.74) is -1.34. The molecule has 0 bridgehead atoms. The molecule has 10 heteroatoms. The third-order valence-electron chi connectivity index (χ3n) is 3.54. The Labute approximate surface area is 159 Å². The number of fused-ring (bicyclic) bond motifs is 1. The maximum Gasteiger partial charge on any atom is 0.433 e. The van der Waals surface area contributed by atoms with Gasteiger partial charge in [0.05, 0.1) is 17.6 Å². The van der Waals surface area contributed by atoms with Gasteiger partial charge in [-0.05, 0) is 45.9 Å². The number of hydrogen-bond donors (Lipinski definition) is 1. The Morgan fingerprint density at radius 2 is 1.89 bits per heavy atom. The molecule has 0 saturated carbocycles. The van der Waals surface area contributed by atoms with Gasteiger partial charge in [0.15, 0.2) is 0 Å². The molecule has 1 N–H and O–H groups in total. The van der Waals surface area contributed by atoms with Crippen LogP contribution in [0, 0.1) is 0 Å². The van der Waals surface area contributed by atoms with E-state index in [1.54, 1.807) is 27.7 Å². The van der Waals surface area contributed by atoms with Crippen molar-refractivity contribution in [1.29, 1.82) is 0 Å². The Hall–Kier alpha value is -2.78. The summed E-state index contributed by atoms with van der Waals surface area (Å²) in [4.78, 5) is 27.5. The first-order valence-electron chi connectivity index (χ1n) is 8.64. The second-order valence-electron chi connectivity index (χ2n) is 6.93. The maximum absolute atomic E-state index is 12.9. The van der Waals surface area contributed by atoms with Crippen LogP contribution in [0.15, 0.2) is 18.2 Å². The number of amides is 1. The fourth-order valence-corrected chi connectivity index (χ4v) is 2.50. The number of carbonyl (C=O) groups excluding carboxylic acids is 2. The van der Waals surface area contributed by atoms with Crippen molar-refractivity contribution >= 4 is 23.1 Å². The summed E-state index contributed by atoms with van der Waals surface area (Å²) >= 11 is 0. The predicted octanol–water partition coefficient (Wildman–Crippen LogP) is 3.76. The van der Waals surface area contributed by atoms with Gasteiger partial charge in [0.25, 0.3) is 0 Å². The van der Waals surface area contributed by atoms with E-state index < -0.39 is 29.5 Å². The number of pyridine rings is 1. The Morgan fingerprint density at radius 3 is 2.46 bits per heavy atom. The number of nitrogens with zero attached hydrogens (tertiary/aromatic N) is 2. The fraction of sp³-hybridized carbons (Fsp3) is 0.500. The zero-order valence-corrected chi connectivity index (χ0v) is 16.0. The first kappa shape index (κ1) is 21.5. The van der Waals surface area contributed by atoms with Gasteiger partial charge in [-0.15, -0.1) is 0 Å². The van der Waals surface area contributed by atoms with E-state index >= 15 is 0 Å². The minimum Gasteiger partial charge on any atom is -0.461 e. The molecule has 0 aromatic carbocycles. The number of aromatic nitrogens is 2. The molecular formula is C18H22F3N3O4. The van der Waals surface area contributed by atoms with Crippen molar-refractivity contribution in [1.82, 2.24) is 14.9 Å². The van der Waals surface area contributed by atoms with Gasteiger partial charge in [0.1, 0.15) is 17.0 Å². The summed E-state index contributed by atoms with van der Waals surface area (Å²) in [6, 6.07) is 3.33. The van der Waals surface area contributed by atoms with Crippen molar-refractivity contribution in [2.75, 3.05) is 13.2 Å². The van der Waals surface area contributed by atoms with Crippen LogP contribution in [0.2, 0.25) is 0 Å². The van der Waals surface area contributed by atoms with Crippen LogP contribution < -0.4 is 5.32 Å². The van der Waals surface area contributed by atoms with Crippen LogP contribution in [0.4, 0.5) is 18.0 Å². The molecule has 0 spiro atoms. The SMILES string of the molecule is CCOC(=O)c1cc2nc(C(F)(F)F)ccc2n1CCNC(=O)OC(C)(C)C. The molecule has 2 aromatic heterocycles. The summed E-state index contributed by atoms with van der Waals surface area (Å²) < 4.78 is 50.3. The van der Waals surface area contributed by atoms with E-state index in [-0.39, 0.29) is 30.9 Å². The molecule has 0 aliphatic heterocycles. The number of halogens is 3. The third-order valence-corrected chi connectivity index (χ3v) is 3.54. The number of ether oxygens (including phenoxy) is 2. The smallest absolute Gasteiger partial charge is 0.433 e. The van der Waals surface area contributed by atoms with Gasteiger partial charge >= 0.3 is 18.2 Å². The van der Waals surface area contributed by atoms with E-state index in [0.29, 0.717) is 5.52 Å². The van der Waals surface area contributed by atoms with E-state index in [4.69, 9.17) is 9.47 Å². The van der Waals surface area contributed by atoms with Gasteiger partial charge in [-0.3, -0.25) is 0 Å². The molecule has 0 fully saturated rings. The van der Waals surface area contributed by atoms with E-state index in [0.717, 1.165) is 6.07 Å². The molecule has 0 aliphatic rings. The number of rotatable bonds is 5. The highest BCUT2D eigenvalue weighted by molar-refractivity contribution is 5.94. The largest absolute Gasteiger partial charge is 0.461 e. The average molecular weight is 401 g/mol. The molecule has 2 heterocycles. The molecule has 154 valence electrons. The normalized spacial score (nSPS) is 12.1. The topological polar surface area (TPSA) is 82.5 Å². The molecule has 0 radical (unpaired) electrons. The Kier molecular flexibility index (Phi) is 6.20. The van der Waals surface area contributed by atoms with Gasteiger partial charge in [-0.25, -0.2) is 14.6 Å². The lowest BCUT2D eigenvalue weighted by Gasteiger charge is -2.20. The van der Waals surface area contributed by atoms with E-state index in [1.807, 2.05) is 0 Å². The van der Waals surface area contributed by atoms with Crippen LogP contribution in [-0.2, 0) is 22.2 Å². The Balaban J connectivity index is 2.29. The van der Waals surface area contributed by atoms with Gasteiger partial charge < -0.3 is 19.4 Å². The molecule has 1 amide bonds. The Bertz CT molecular complexity index is 869. The van der Waals surface area contributed by atoms with Crippen molar-refractivity contribution < 1.29 is 32.2 Å². The fourth-order valence-electron chi connectivity index (χ4n) is 2.50. The van der Waals surface area contributed by atoms with E-state index in [9.17, 15) is 22.8 Å². The summed E-state index contributed by atoms with van der Waals surface area (Å²) in [6.45, 7) is 7.08. The molecule has 28 heavy (non-hydrogen) atoms. The zero-order valence-electron chi connectivity index (χ0n) is 16.0. The highest BCUT2D eigenvalue weighted by Gasteiger charge is 2.33. The average Bonchev–Trinajstić information content (AvgIpc) is 2.91. The van der Waals surface area contributed by atoms with Crippen LogP contribution in [0.1, 0.15) is 43.9 Å². The zero-order chi connectivity index (χ0) is 21.1. The highest BCUT2D eigenvalue weighted by atomic mass is 19.4. The first-order chi connectivity index (χ1) is 12.9. The minimum atomic E-state index is -4.60. The second-order valence-corrected chi connectivity index (χ2v) is 6.93. The third kappa shape index (κ3) is 5.37. The number of esters is 1. The second kappa shape index (κ2) is 8.07. The summed E-state index contributed by atoms with van der Waals surface area (Å²) in [5.74, 6) is -0.689. The molecule has 0 unspecified atom stereocenters. The van der Waals surface area contributed by atoms with Crippen molar-refractivity contribution in [3.05, 3.63) is 29.6 Å². The quantitative estimate of drug-likeness (QED) is 0.772. The van der Waals surface area contributed by atoms with Crippen LogP contribution >= 0.6 is 0 Å². The maximum atomic E-state index is 12.9. The molecule has 0 aliphatic carbocycles. The highest BCUT2D eigenvalue weighted by Crippen LogP contribution is 2.30. The summed E-state index contributed by atoms with van der Waals surface area (Å²) in [7, 11) is 0. The van der Waals surface area contributed by atoms with E-state index in [2.05, 4.69) is 10.3 Å². The number of carbonyl (C=O) groups is 2. The lowest BCUT2D eigenvalue weighted by Crippen LogP contribution is -2.34. The lowest BCUT2D eigenvalue weighted by atomic mass is 10.2. The van der Waals surface area contributed by atoms with Crippen LogP contribution in [0.5, 0.6) is 0 Å². The number of alkyl halides is 3. The molecule has 0 saturated heterocycles. The minimum absolute atomic E-state index is 0.00939. The summed E-state index contributed by atoms with van der Waals surface area (Å²) in [5, 5.41) is 2.54. The van der Waals surface area contributed by atoms with E-state index in [1.165, 1.54) is 16.7 Å². The van der Waals surface area contributed by atoms with Gasteiger partial charge in [-0.2, -0.15) is 13.2 Å². The number of nitrogens with one attached hydrogen (secondary N) is 1. The van der Waals surface area contributed by atoms with Gasteiger partial charge in [0.2, 0.25) is 0 Å². The monoisotopic (exact) mass is 401 g/mol. The Morgan fingerprint density at radius 1 is 1.21 bits per heavy atom. The number of alkyl carbamates (subject to hydrolysis) is 1.